The Labute approximate surface area is 92.7 Å². The number of carbonyl (C=O) groups is 2. The molecule has 1 heterocycles. The number of carbonyl (C=O) groups excluding carboxylic acids is 1. The molecule has 0 aliphatic heterocycles. The number of rotatable bonds is 5. The molecule has 1 rings (SSSR count). The predicted molar refractivity (Wildman–Crippen MR) is 55.5 cm³/mol. The Balaban J connectivity index is 2.31. The molecular weight excluding hydrogens is 210 g/mol. The minimum Gasteiger partial charge on any atom is -0.481 e. The lowest BCUT2D eigenvalue weighted by molar-refractivity contribution is -0.138. The van der Waals surface area contributed by atoms with E-state index in [0.29, 0.717) is 5.69 Å². The van der Waals surface area contributed by atoms with Gasteiger partial charge in [0.2, 0.25) is 5.91 Å². The maximum absolute atomic E-state index is 11.2. The van der Waals surface area contributed by atoms with Crippen LogP contribution in [0.25, 0.3) is 0 Å². The quantitative estimate of drug-likeness (QED) is 0.747. The van der Waals surface area contributed by atoms with Gasteiger partial charge in [0.25, 0.3) is 0 Å². The van der Waals surface area contributed by atoms with Gasteiger partial charge in [0, 0.05) is 12.6 Å². The summed E-state index contributed by atoms with van der Waals surface area (Å²) < 4.78 is 0. The Kier molecular flexibility index (Phi) is 4.38. The van der Waals surface area contributed by atoms with Crippen LogP contribution >= 0.6 is 0 Å². The maximum atomic E-state index is 11.2. The summed E-state index contributed by atoms with van der Waals surface area (Å²) in [5, 5.41) is 10.9. The summed E-state index contributed by atoms with van der Waals surface area (Å²) in [6.45, 7) is 2.09. The monoisotopic (exact) mass is 223 g/mol. The van der Waals surface area contributed by atoms with Crippen molar-refractivity contribution in [3.8, 4) is 0 Å². The fourth-order valence-corrected chi connectivity index (χ4v) is 1.01. The zero-order valence-corrected chi connectivity index (χ0v) is 8.93. The molecule has 0 saturated carbocycles. The number of carboxylic acids is 1. The van der Waals surface area contributed by atoms with Crippen LogP contribution in [-0.4, -0.2) is 27.0 Å². The molecule has 2 N–H and O–H groups in total. The molecule has 0 saturated heterocycles. The molecule has 0 spiro atoms. The minimum atomic E-state index is -0.981. The molecule has 0 unspecified atom stereocenters. The molecule has 0 bridgehead atoms. The van der Waals surface area contributed by atoms with Gasteiger partial charge in [-0.1, -0.05) is 0 Å². The molecule has 0 radical (unpaired) electrons. The lowest BCUT2D eigenvalue weighted by Gasteiger charge is -2.03. The van der Waals surface area contributed by atoms with Crippen LogP contribution in [0, 0.1) is 6.92 Å². The number of aliphatic carboxylic acids is 1. The van der Waals surface area contributed by atoms with E-state index in [2.05, 4.69) is 15.3 Å². The topological polar surface area (TPSA) is 92.2 Å². The molecule has 0 fully saturated rings. The van der Waals surface area contributed by atoms with Crippen LogP contribution in [0.3, 0.4) is 0 Å². The second kappa shape index (κ2) is 5.79. The largest absolute Gasteiger partial charge is 0.481 e. The molecule has 1 aromatic heterocycles. The number of nitrogens with zero attached hydrogens (tertiary/aromatic N) is 2. The third-order valence-electron chi connectivity index (χ3n) is 1.87. The van der Waals surface area contributed by atoms with Crippen LogP contribution in [-0.2, 0) is 16.1 Å². The predicted octanol–water partition coefficient (Wildman–Crippen LogP) is 0.266. The Morgan fingerprint density at radius 3 is 2.62 bits per heavy atom. The molecule has 16 heavy (non-hydrogen) atoms. The lowest BCUT2D eigenvalue weighted by Crippen LogP contribution is -2.23. The molecule has 1 aromatic rings. The van der Waals surface area contributed by atoms with Gasteiger partial charge in [-0.15, -0.1) is 0 Å². The van der Waals surface area contributed by atoms with Crippen molar-refractivity contribution in [2.75, 3.05) is 0 Å². The highest BCUT2D eigenvalue weighted by Gasteiger charge is 2.05. The summed E-state index contributed by atoms with van der Waals surface area (Å²) in [5.74, 6) is -1.28. The van der Waals surface area contributed by atoms with E-state index in [0.717, 1.165) is 5.69 Å². The van der Waals surface area contributed by atoms with Crippen LogP contribution in [0.2, 0.25) is 0 Å². The first-order valence-electron chi connectivity index (χ1n) is 4.84. The highest BCUT2D eigenvalue weighted by atomic mass is 16.4. The molecule has 0 aliphatic carbocycles. The van der Waals surface area contributed by atoms with Crippen LogP contribution in [0.15, 0.2) is 12.4 Å². The smallest absolute Gasteiger partial charge is 0.303 e. The SMILES string of the molecule is Cc1cnc(CNC(=O)CCC(=O)O)cn1. The maximum Gasteiger partial charge on any atom is 0.303 e. The number of aromatic nitrogens is 2. The first-order valence-corrected chi connectivity index (χ1v) is 4.84. The standard InChI is InChI=1S/C10H13N3O3/c1-7-4-12-8(5-11-7)6-13-9(14)2-3-10(15)16/h4-5H,2-3,6H2,1H3,(H,13,14)(H,15,16). The number of aryl methyl sites for hydroxylation is 1. The van der Waals surface area contributed by atoms with Crippen molar-refractivity contribution in [1.29, 1.82) is 0 Å². The molecule has 0 aromatic carbocycles. The van der Waals surface area contributed by atoms with Gasteiger partial charge in [-0.3, -0.25) is 19.6 Å². The highest BCUT2D eigenvalue weighted by Crippen LogP contribution is 1.94. The Bertz CT molecular complexity index is 375. The molecule has 0 atom stereocenters. The minimum absolute atomic E-state index is 0.0192. The van der Waals surface area contributed by atoms with Gasteiger partial charge in [-0.25, -0.2) is 0 Å². The molecular formula is C10H13N3O3. The van der Waals surface area contributed by atoms with E-state index in [4.69, 9.17) is 5.11 Å². The molecule has 0 aliphatic rings. The third kappa shape index (κ3) is 4.50. The molecule has 6 nitrogen and oxygen atoms in total. The second-order valence-corrected chi connectivity index (χ2v) is 3.32. The van der Waals surface area contributed by atoms with Crippen LogP contribution < -0.4 is 5.32 Å². The van der Waals surface area contributed by atoms with E-state index < -0.39 is 5.97 Å². The first kappa shape index (κ1) is 12.1. The summed E-state index contributed by atoms with van der Waals surface area (Å²) in [6, 6.07) is 0. The summed E-state index contributed by atoms with van der Waals surface area (Å²) in [4.78, 5) is 29.5. The van der Waals surface area contributed by atoms with E-state index >= 15 is 0 Å². The van der Waals surface area contributed by atoms with Gasteiger partial charge in [-0.2, -0.15) is 0 Å². The normalized spacial score (nSPS) is 9.81. The van der Waals surface area contributed by atoms with Crippen LogP contribution in [0.1, 0.15) is 24.2 Å². The van der Waals surface area contributed by atoms with Gasteiger partial charge in [0.15, 0.2) is 0 Å². The van der Waals surface area contributed by atoms with Gasteiger partial charge in [0.05, 0.1) is 30.6 Å². The van der Waals surface area contributed by atoms with Crippen LogP contribution in [0.4, 0.5) is 0 Å². The average molecular weight is 223 g/mol. The first-order chi connectivity index (χ1) is 7.58. The Morgan fingerprint density at radius 2 is 2.06 bits per heavy atom. The van der Waals surface area contributed by atoms with Crippen molar-refractivity contribution in [2.45, 2.75) is 26.3 Å². The summed E-state index contributed by atoms with van der Waals surface area (Å²) in [7, 11) is 0. The van der Waals surface area contributed by atoms with Crippen molar-refractivity contribution >= 4 is 11.9 Å². The van der Waals surface area contributed by atoms with Crippen molar-refractivity contribution < 1.29 is 14.7 Å². The number of amides is 1. The van der Waals surface area contributed by atoms with Crippen molar-refractivity contribution in [2.24, 2.45) is 0 Å². The zero-order valence-electron chi connectivity index (χ0n) is 8.93. The lowest BCUT2D eigenvalue weighted by atomic mass is 10.3. The zero-order chi connectivity index (χ0) is 12.0. The van der Waals surface area contributed by atoms with E-state index in [9.17, 15) is 9.59 Å². The summed E-state index contributed by atoms with van der Waals surface area (Å²) in [6.07, 6.45) is 3.01. The summed E-state index contributed by atoms with van der Waals surface area (Å²) in [5.41, 5.74) is 1.45. The fourth-order valence-electron chi connectivity index (χ4n) is 1.01. The van der Waals surface area contributed by atoms with E-state index in [1.54, 1.807) is 12.4 Å². The van der Waals surface area contributed by atoms with Crippen LogP contribution in [0.5, 0.6) is 0 Å². The van der Waals surface area contributed by atoms with E-state index in [-0.39, 0.29) is 25.3 Å². The summed E-state index contributed by atoms with van der Waals surface area (Å²) >= 11 is 0. The number of nitrogens with one attached hydrogen (secondary N) is 1. The van der Waals surface area contributed by atoms with Crippen molar-refractivity contribution in [1.82, 2.24) is 15.3 Å². The average Bonchev–Trinajstić information content (AvgIpc) is 2.25. The van der Waals surface area contributed by atoms with Gasteiger partial charge >= 0.3 is 5.97 Å². The van der Waals surface area contributed by atoms with E-state index in [1.165, 1.54) is 0 Å². The highest BCUT2D eigenvalue weighted by molar-refractivity contribution is 5.80. The Morgan fingerprint density at radius 1 is 1.31 bits per heavy atom. The number of hydrogen-bond donors (Lipinski definition) is 2. The molecule has 1 amide bonds. The van der Waals surface area contributed by atoms with Crippen molar-refractivity contribution in [3.63, 3.8) is 0 Å². The Hall–Kier alpha value is -1.98. The van der Waals surface area contributed by atoms with Gasteiger partial charge in [-0.05, 0) is 6.92 Å². The van der Waals surface area contributed by atoms with Gasteiger partial charge in [0.1, 0.15) is 0 Å². The number of hydrogen-bond acceptors (Lipinski definition) is 4. The molecule has 86 valence electrons. The van der Waals surface area contributed by atoms with Gasteiger partial charge < -0.3 is 10.4 Å². The third-order valence-corrected chi connectivity index (χ3v) is 1.87. The second-order valence-electron chi connectivity index (χ2n) is 3.32. The fraction of sp³-hybridized carbons (Fsp3) is 0.400. The van der Waals surface area contributed by atoms with E-state index in [1.807, 2.05) is 6.92 Å². The number of carboxylic acid groups (broad SMARTS) is 1. The molecule has 6 heteroatoms. The van der Waals surface area contributed by atoms with Crippen molar-refractivity contribution in [3.05, 3.63) is 23.8 Å².